The number of hydrogen-bond donors (Lipinski definition) is 6. The molecule has 14 nitrogen and oxygen atoms in total. The van der Waals surface area contributed by atoms with Gasteiger partial charge in [0.25, 0.3) is 17.7 Å². The third-order valence-corrected chi connectivity index (χ3v) is 15.6. The minimum absolute atomic E-state index is 0.0571. The number of carbonyl (C=O) groups is 7. The number of para-hydroxylation sites is 4. The fraction of sp³-hybridized carbons (Fsp3) is 0.397. The summed E-state index contributed by atoms with van der Waals surface area (Å²) in [6.07, 6.45) is 18.9. The Labute approximate surface area is 482 Å². The van der Waals surface area contributed by atoms with E-state index in [1.807, 2.05) is 125 Å². The van der Waals surface area contributed by atoms with Gasteiger partial charge in [0.05, 0.1) is 11.1 Å². The van der Waals surface area contributed by atoms with Crippen molar-refractivity contribution < 1.29 is 33.6 Å². The number of amides is 4. The highest BCUT2D eigenvalue weighted by Gasteiger charge is 2.41. The largest absolute Gasteiger partial charge is 0.361 e. The summed E-state index contributed by atoms with van der Waals surface area (Å²) in [4.78, 5) is 100.0. The van der Waals surface area contributed by atoms with Crippen LogP contribution in [0.15, 0.2) is 109 Å². The normalized spacial score (nSPS) is 12.3. The van der Waals surface area contributed by atoms with E-state index >= 15 is 0 Å². The first-order chi connectivity index (χ1) is 39.8. The highest BCUT2D eigenvalue weighted by Crippen LogP contribution is 2.41. The number of ketones is 3. The van der Waals surface area contributed by atoms with E-state index < -0.39 is 0 Å². The lowest BCUT2D eigenvalue weighted by Gasteiger charge is -2.15. The Hall–Kier alpha value is -8.13. The van der Waals surface area contributed by atoms with Crippen molar-refractivity contribution in [2.24, 2.45) is 0 Å². The first-order valence-electron chi connectivity index (χ1n) is 29.8. The van der Waals surface area contributed by atoms with Gasteiger partial charge in [0.15, 0.2) is 0 Å². The monoisotopic (exact) mass is 1110 g/mol. The van der Waals surface area contributed by atoms with Crippen LogP contribution in [0.5, 0.6) is 0 Å². The molecule has 0 aliphatic carbocycles. The molecule has 1 aliphatic heterocycles. The van der Waals surface area contributed by atoms with Crippen molar-refractivity contribution in [3.63, 3.8) is 0 Å². The topological polar surface area (TPSA) is 210 Å². The van der Waals surface area contributed by atoms with E-state index in [4.69, 9.17) is 0 Å². The van der Waals surface area contributed by atoms with Crippen molar-refractivity contribution in [2.45, 2.75) is 157 Å². The van der Waals surface area contributed by atoms with Crippen LogP contribution in [0.25, 0.3) is 54.8 Å². The number of rotatable bonds is 29. The smallest absolute Gasteiger partial charge is 0.268 e. The van der Waals surface area contributed by atoms with E-state index in [1.165, 1.54) is 21.5 Å². The lowest BCUT2D eigenvalue weighted by molar-refractivity contribution is -0.136. The molecule has 5 heterocycles. The molecule has 4 amide bonds. The van der Waals surface area contributed by atoms with Gasteiger partial charge in [0.2, 0.25) is 5.91 Å². The summed E-state index contributed by atoms with van der Waals surface area (Å²) in [5.74, 6) is 0.511. The second kappa shape index (κ2) is 31.2. The van der Waals surface area contributed by atoms with Crippen LogP contribution in [0.1, 0.15) is 175 Å². The number of benzene rings is 4. The molecule has 8 aromatic rings. The molecule has 82 heavy (non-hydrogen) atoms. The lowest BCUT2D eigenvalue weighted by Crippen LogP contribution is -2.32. The average molecular weight is 1110 g/mol. The first-order valence-corrected chi connectivity index (χ1v) is 29.8. The zero-order valence-corrected chi connectivity index (χ0v) is 48.8. The molecule has 0 spiro atoms. The van der Waals surface area contributed by atoms with Crippen molar-refractivity contribution >= 4 is 95.7 Å². The Kier molecular flexibility index (Phi) is 23.4. The zero-order valence-electron chi connectivity index (χ0n) is 48.8. The van der Waals surface area contributed by atoms with Crippen LogP contribution in [0.2, 0.25) is 0 Å². The molecule has 0 atom stereocenters. The van der Waals surface area contributed by atoms with Gasteiger partial charge in [0.1, 0.15) is 23.0 Å². The van der Waals surface area contributed by atoms with Crippen LogP contribution in [-0.2, 0) is 35.2 Å². The number of carbonyl (C=O) groups excluding carboxylic acids is 7. The second-order valence-electron chi connectivity index (χ2n) is 21.4. The lowest BCUT2D eigenvalue weighted by atomic mass is 9.95. The second-order valence-corrected chi connectivity index (χ2v) is 21.4. The third kappa shape index (κ3) is 16.3. The highest BCUT2D eigenvalue weighted by atomic mass is 16.2. The van der Waals surface area contributed by atoms with Gasteiger partial charge in [-0.15, -0.1) is 0 Å². The van der Waals surface area contributed by atoms with Gasteiger partial charge in [-0.3, -0.25) is 38.5 Å². The van der Waals surface area contributed by atoms with Crippen LogP contribution < -0.4 is 10.6 Å². The molecule has 4 aromatic heterocycles. The number of nitrogens with zero attached hydrogens (tertiary/aromatic N) is 1. The summed E-state index contributed by atoms with van der Waals surface area (Å²) in [7, 11) is 0. The molecule has 6 N–H and O–H groups in total. The summed E-state index contributed by atoms with van der Waals surface area (Å²) in [6, 6.07) is 31.8. The maximum Gasteiger partial charge on any atom is 0.268 e. The number of aromatic nitrogens is 4. The van der Waals surface area contributed by atoms with Crippen molar-refractivity contribution in [3.05, 3.63) is 143 Å². The number of fused-ring (bicyclic) bond motifs is 4. The van der Waals surface area contributed by atoms with Gasteiger partial charge in [-0.05, 0) is 94.2 Å². The minimum atomic E-state index is -0.249. The summed E-state index contributed by atoms with van der Waals surface area (Å²) < 4.78 is 0. The summed E-state index contributed by atoms with van der Waals surface area (Å²) in [5.41, 5.74) is 10.5. The Morgan fingerprint density at radius 1 is 0.463 bits per heavy atom. The zero-order chi connectivity index (χ0) is 58.4. The maximum atomic E-state index is 13.7. The van der Waals surface area contributed by atoms with E-state index in [-0.39, 0.29) is 29.4 Å². The van der Waals surface area contributed by atoms with E-state index in [2.05, 4.69) is 49.6 Å². The van der Waals surface area contributed by atoms with E-state index in [0.29, 0.717) is 93.0 Å². The van der Waals surface area contributed by atoms with Crippen LogP contribution >= 0.6 is 0 Å². The van der Waals surface area contributed by atoms with E-state index in [9.17, 15) is 33.6 Å². The van der Waals surface area contributed by atoms with Crippen molar-refractivity contribution in [1.82, 2.24) is 35.5 Å². The number of Topliss-reactive ketones (excluding diaryl/α,β-unsaturated/α-hetero) is 3. The molecule has 14 heteroatoms. The van der Waals surface area contributed by atoms with Crippen LogP contribution in [0.3, 0.4) is 0 Å². The highest BCUT2D eigenvalue weighted by molar-refractivity contribution is 6.50. The number of imide groups is 1. The number of nitrogens with one attached hydrogen (secondary N) is 6. The molecule has 4 aromatic carbocycles. The summed E-state index contributed by atoms with van der Waals surface area (Å²) in [6.45, 7) is 11.4. The molecular formula is C68H83N7O7. The van der Waals surface area contributed by atoms with Crippen LogP contribution in [-0.4, -0.2) is 85.4 Å². The number of H-pyrrole nitrogens is 4. The minimum Gasteiger partial charge on any atom is -0.361 e. The molecule has 0 radical (unpaired) electrons. The van der Waals surface area contributed by atoms with E-state index in [1.54, 1.807) is 0 Å². The molecular weight excluding hydrogens is 1030 g/mol. The maximum absolute atomic E-state index is 13.7. The molecule has 432 valence electrons. The van der Waals surface area contributed by atoms with Crippen LogP contribution in [0, 0.1) is 13.8 Å². The van der Waals surface area contributed by atoms with E-state index in [0.717, 1.165) is 132 Å². The van der Waals surface area contributed by atoms with Crippen molar-refractivity contribution in [3.8, 4) is 0 Å². The number of aromatic amines is 4. The van der Waals surface area contributed by atoms with Gasteiger partial charge < -0.3 is 30.6 Å². The van der Waals surface area contributed by atoms with Crippen molar-refractivity contribution in [2.75, 3.05) is 19.6 Å². The Balaban J connectivity index is 0.000000184. The molecule has 1 aliphatic rings. The SMILES string of the molecule is CCC(=O)CCCCCCC(=O)NCCc1c(C)[nH]c2ccccc12.CCC(=O)CCCCCCN1C(=O)C(c2c[nH]c3ccccc23)=C(c2c[nH]c3ccccc23)C1=O.CCC(=O)CCCCCNC(=O)c1[nH]c2ccccc2c1C. The predicted octanol–water partition coefficient (Wildman–Crippen LogP) is 14.1. The number of hydrogen-bond acceptors (Lipinski definition) is 7. The van der Waals surface area contributed by atoms with Gasteiger partial charge in [-0.2, -0.15) is 0 Å². The number of aryl methyl sites for hydroxylation is 2. The predicted molar refractivity (Wildman–Crippen MR) is 330 cm³/mol. The third-order valence-electron chi connectivity index (χ3n) is 15.6. The van der Waals surface area contributed by atoms with Gasteiger partial charge in [-0.1, -0.05) is 126 Å². The average Bonchev–Trinajstić information content (AvgIpc) is 4.50. The Morgan fingerprint density at radius 2 is 0.902 bits per heavy atom. The van der Waals surface area contributed by atoms with Crippen LogP contribution in [0.4, 0.5) is 0 Å². The number of unbranched alkanes of at least 4 members (excludes halogenated alkanes) is 8. The molecule has 9 rings (SSSR count). The van der Waals surface area contributed by atoms with Gasteiger partial charge >= 0.3 is 0 Å². The van der Waals surface area contributed by atoms with Gasteiger partial charge in [0, 0.05) is 137 Å². The Morgan fingerprint density at radius 3 is 1.41 bits per heavy atom. The quantitative estimate of drug-likeness (QED) is 0.0197. The van der Waals surface area contributed by atoms with Crippen molar-refractivity contribution in [1.29, 1.82) is 0 Å². The fourth-order valence-electron chi connectivity index (χ4n) is 10.8. The molecule has 0 unspecified atom stereocenters. The van der Waals surface area contributed by atoms with Gasteiger partial charge in [-0.25, -0.2) is 0 Å². The Bertz CT molecular complexity index is 3420. The standard InChI is InChI=1S/C29H29N3O3.C21H30N2O2.C18H24N2O2/c1-2-19(33)11-5-3-4-10-16-32-28(34)26(22-17-30-24-14-8-6-12-20(22)24)27(29(32)35)23-18-31-25-15-9-7-13-21(23)25;1-3-17(24)10-6-4-5-7-13-21(25)22-15-14-18-16(2)23-20-12-9-8-11-19(18)20;1-3-14(21)9-5-4-8-12-19-18(22)17-13(2)15-10-6-7-11-16(15)20-17/h6-9,12-15,17-18,30-31H,2-5,10-11,16H2,1H3;8-9,11-12,23H,3-7,10,13-15H2,1-2H3,(H,22,25);6-7,10-11,20H,3-5,8-9,12H2,1-2H3,(H,19,22). The first kappa shape index (κ1) is 61.5. The molecule has 0 fully saturated rings. The summed E-state index contributed by atoms with van der Waals surface area (Å²) >= 11 is 0. The fourth-order valence-corrected chi connectivity index (χ4v) is 10.8. The molecule has 0 saturated carbocycles. The molecule has 0 bridgehead atoms. The summed E-state index contributed by atoms with van der Waals surface area (Å²) in [5, 5.41) is 10.1. The molecule has 0 saturated heterocycles.